The molecule has 0 saturated heterocycles. The van der Waals surface area contributed by atoms with Crippen LogP contribution >= 0.6 is 0 Å². The SMILES string of the molecule is COc1cc(C)ccc1C(=O)COc1c(F)cccc1F. The lowest BCUT2D eigenvalue weighted by atomic mass is 10.1. The van der Waals surface area contributed by atoms with Gasteiger partial charge >= 0.3 is 0 Å². The predicted molar refractivity (Wildman–Crippen MR) is 73.9 cm³/mol. The van der Waals surface area contributed by atoms with Gasteiger partial charge in [-0.2, -0.15) is 0 Å². The predicted octanol–water partition coefficient (Wildman–Crippen LogP) is 3.54. The van der Waals surface area contributed by atoms with Gasteiger partial charge in [0.2, 0.25) is 5.78 Å². The quantitative estimate of drug-likeness (QED) is 0.791. The maximum Gasteiger partial charge on any atom is 0.203 e. The molecule has 0 saturated carbocycles. The molecule has 0 aliphatic heterocycles. The summed E-state index contributed by atoms with van der Waals surface area (Å²) in [6.45, 7) is 1.39. The Kier molecular flexibility index (Phi) is 4.52. The van der Waals surface area contributed by atoms with Gasteiger partial charge in [-0.05, 0) is 36.8 Å². The second kappa shape index (κ2) is 6.35. The van der Waals surface area contributed by atoms with Crippen LogP contribution in [0.3, 0.4) is 0 Å². The second-order valence-electron chi connectivity index (χ2n) is 4.47. The summed E-state index contributed by atoms with van der Waals surface area (Å²) in [7, 11) is 1.45. The van der Waals surface area contributed by atoms with Crippen LogP contribution in [-0.4, -0.2) is 19.5 Å². The minimum atomic E-state index is -0.848. The summed E-state index contributed by atoms with van der Waals surface area (Å²) >= 11 is 0. The van der Waals surface area contributed by atoms with E-state index in [1.54, 1.807) is 18.2 Å². The number of methoxy groups -OCH3 is 1. The molecule has 0 radical (unpaired) electrons. The first kappa shape index (κ1) is 15.0. The lowest BCUT2D eigenvalue weighted by Crippen LogP contribution is -2.14. The number of para-hydroxylation sites is 1. The van der Waals surface area contributed by atoms with Crippen LogP contribution in [0.2, 0.25) is 0 Å². The summed E-state index contributed by atoms with van der Waals surface area (Å²) in [6, 6.07) is 8.40. The smallest absolute Gasteiger partial charge is 0.203 e. The highest BCUT2D eigenvalue weighted by molar-refractivity contribution is 5.99. The van der Waals surface area contributed by atoms with Gasteiger partial charge in [0, 0.05) is 0 Å². The van der Waals surface area contributed by atoms with E-state index >= 15 is 0 Å². The van der Waals surface area contributed by atoms with Crippen LogP contribution in [0.4, 0.5) is 8.78 Å². The average molecular weight is 292 g/mol. The van der Waals surface area contributed by atoms with E-state index in [1.807, 2.05) is 6.92 Å². The molecule has 0 aliphatic rings. The molecule has 110 valence electrons. The average Bonchev–Trinajstić information content (AvgIpc) is 2.46. The molecule has 21 heavy (non-hydrogen) atoms. The van der Waals surface area contributed by atoms with Crippen molar-refractivity contribution in [1.82, 2.24) is 0 Å². The van der Waals surface area contributed by atoms with Crippen LogP contribution in [0.5, 0.6) is 11.5 Å². The standard InChI is InChI=1S/C16H14F2O3/c1-10-6-7-11(15(8-10)20-2)14(19)9-21-16-12(17)4-3-5-13(16)18/h3-8H,9H2,1-2H3. The van der Waals surface area contributed by atoms with Crippen LogP contribution in [0, 0.1) is 18.6 Å². The van der Waals surface area contributed by atoms with Gasteiger partial charge in [-0.3, -0.25) is 4.79 Å². The van der Waals surface area contributed by atoms with Gasteiger partial charge in [-0.1, -0.05) is 12.1 Å². The highest BCUT2D eigenvalue weighted by Gasteiger charge is 2.16. The van der Waals surface area contributed by atoms with Gasteiger partial charge in [0.25, 0.3) is 0 Å². The third-order valence-corrected chi connectivity index (χ3v) is 2.92. The minimum Gasteiger partial charge on any atom is -0.496 e. The van der Waals surface area contributed by atoms with Gasteiger partial charge in [0.1, 0.15) is 5.75 Å². The molecule has 2 aromatic carbocycles. The molecule has 0 heterocycles. The Balaban J connectivity index is 2.16. The highest BCUT2D eigenvalue weighted by atomic mass is 19.1. The molecule has 0 N–H and O–H groups in total. The largest absolute Gasteiger partial charge is 0.496 e. The van der Waals surface area contributed by atoms with Gasteiger partial charge in [-0.25, -0.2) is 8.78 Å². The number of rotatable bonds is 5. The number of hydrogen-bond acceptors (Lipinski definition) is 3. The Hall–Kier alpha value is -2.43. The maximum absolute atomic E-state index is 13.4. The number of benzene rings is 2. The van der Waals surface area contributed by atoms with Crippen molar-refractivity contribution in [1.29, 1.82) is 0 Å². The lowest BCUT2D eigenvalue weighted by molar-refractivity contribution is 0.0912. The molecule has 0 fully saturated rings. The van der Waals surface area contributed by atoms with Crippen molar-refractivity contribution >= 4 is 5.78 Å². The summed E-state index contributed by atoms with van der Waals surface area (Å²) in [6.07, 6.45) is 0. The van der Waals surface area contributed by atoms with Crippen LogP contribution in [0.1, 0.15) is 15.9 Å². The number of carbonyl (C=O) groups excluding carboxylic acids is 1. The summed E-state index contributed by atoms with van der Waals surface area (Å²) in [4.78, 5) is 12.1. The summed E-state index contributed by atoms with van der Waals surface area (Å²) < 4.78 is 36.9. The number of hydrogen-bond donors (Lipinski definition) is 0. The van der Waals surface area contributed by atoms with Crippen molar-refractivity contribution in [2.75, 3.05) is 13.7 Å². The molecule has 0 aromatic heterocycles. The van der Waals surface area contributed by atoms with E-state index in [4.69, 9.17) is 9.47 Å². The molecule has 0 atom stereocenters. The highest BCUT2D eigenvalue weighted by Crippen LogP contribution is 2.23. The Morgan fingerprint density at radius 3 is 2.43 bits per heavy atom. The first-order chi connectivity index (χ1) is 10.0. The summed E-state index contributed by atoms with van der Waals surface area (Å²) in [5.41, 5.74) is 1.24. The zero-order valence-electron chi connectivity index (χ0n) is 11.7. The maximum atomic E-state index is 13.4. The van der Waals surface area contributed by atoms with E-state index in [1.165, 1.54) is 13.2 Å². The van der Waals surface area contributed by atoms with E-state index in [0.29, 0.717) is 11.3 Å². The van der Waals surface area contributed by atoms with Crippen molar-refractivity contribution in [3.63, 3.8) is 0 Å². The zero-order chi connectivity index (χ0) is 15.4. The molecule has 0 unspecified atom stereocenters. The topological polar surface area (TPSA) is 35.5 Å². The van der Waals surface area contributed by atoms with Crippen LogP contribution in [-0.2, 0) is 0 Å². The van der Waals surface area contributed by atoms with Crippen molar-refractivity contribution in [2.45, 2.75) is 6.92 Å². The molecular formula is C16H14F2O3. The fraction of sp³-hybridized carbons (Fsp3) is 0.188. The van der Waals surface area contributed by atoms with Crippen molar-refractivity contribution in [3.8, 4) is 11.5 Å². The van der Waals surface area contributed by atoms with Crippen molar-refractivity contribution in [2.24, 2.45) is 0 Å². The van der Waals surface area contributed by atoms with E-state index in [9.17, 15) is 13.6 Å². The van der Waals surface area contributed by atoms with Crippen molar-refractivity contribution < 1.29 is 23.0 Å². The third-order valence-electron chi connectivity index (χ3n) is 2.92. The normalized spacial score (nSPS) is 10.3. The Morgan fingerprint density at radius 1 is 1.14 bits per heavy atom. The van der Waals surface area contributed by atoms with E-state index in [-0.39, 0.29) is 0 Å². The molecule has 3 nitrogen and oxygen atoms in total. The monoisotopic (exact) mass is 292 g/mol. The van der Waals surface area contributed by atoms with E-state index < -0.39 is 29.8 Å². The van der Waals surface area contributed by atoms with E-state index in [2.05, 4.69) is 0 Å². The third kappa shape index (κ3) is 3.37. The molecule has 2 rings (SSSR count). The number of Topliss-reactive ketones (excluding diaryl/α,β-unsaturated/α-hetero) is 1. The minimum absolute atomic E-state index is 0.305. The van der Waals surface area contributed by atoms with Gasteiger partial charge in [0.05, 0.1) is 12.7 Å². The molecule has 0 aliphatic carbocycles. The number of carbonyl (C=O) groups is 1. The van der Waals surface area contributed by atoms with Gasteiger partial charge in [-0.15, -0.1) is 0 Å². The van der Waals surface area contributed by atoms with Gasteiger partial charge in [0.15, 0.2) is 24.0 Å². The number of aryl methyl sites for hydroxylation is 1. The molecule has 5 heteroatoms. The Labute approximate surface area is 121 Å². The Morgan fingerprint density at radius 2 is 1.81 bits per heavy atom. The first-order valence-corrected chi connectivity index (χ1v) is 6.27. The van der Waals surface area contributed by atoms with Gasteiger partial charge < -0.3 is 9.47 Å². The first-order valence-electron chi connectivity index (χ1n) is 6.27. The molecule has 0 bridgehead atoms. The van der Waals surface area contributed by atoms with Crippen LogP contribution < -0.4 is 9.47 Å². The molecule has 0 amide bonds. The molecule has 0 spiro atoms. The summed E-state index contributed by atoms with van der Waals surface area (Å²) in [5.74, 6) is -2.28. The molecular weight excluding hydrogens is 278 g/mol. The Bertz CT molecular complexity index is 648. The number of ether oxygens (including phenoxy) is 2. The molecule has 2 aromatic rings. The van der Waals surface area contributed by atoms with Crippen molar-refractivity contribution in [3.05, 3.63) is 59.2 Å². The van der Waals surface area contributed by atoms with Crippen LogP contribution in [0.15, 0.2) is 36.4 Å². The fourth-order valence-corrected chi connectivity index (χ4v) is 1.86. The summed E-state index contributed by atoms with van der Waals surface area (Å²) in [5, 5.41) is 0. The fourth-order valence-electron chi connectivity index (χ4n) is 1.86. The lowest BCUT2D eigenvalue weighted by Gasteiger charge is -2.10. The van der Waals surface area contributed by atoms with Crippen LogP contribution in [0.25, 0.3) is 0 Å². The number of halogens is 2. The van der Waals surface area contributed by atoms with E-state index in [0.717, 1.165) is 17.7 Å². The second-order valence-corrected chi connectivity index (χ2v) is 4.47. The zero-order valence-corrected chi connectivity index (χ0v) is 11.7. The number of ketones is 1.